The molecule has 18 heavy (non-hydrogen) atoms. The molecule has 0 spiro atoms. The van der Waals surface area contributed by atoms with Gasteiger partial charge in [-0.1, -0.05) is 26.7 Å². The van der Waals surface area contributed by atoms with Crippen LogP contribution in [0.25, 0.3) is 0 Å². The summed E-state index contributed by atoms with van der Waals surface area (Å²) >= 11 is 0. The average molecular weight is 255 g/mol. The van der Waals surface area contributed by atoms with Gasteiger partial charge >= 0.3 is 5.97 Å². The van der Waals surface area contributed by atoms with Crippen LogP contribution in [0.1, 0.15) is 52.9 Å². The summed E-state index contributed by atoms with van der Waals surface area (Å²) in [5.41, 5.74) is 0.0757. The van der Waals surface area contributed by atoms with E-state index in [2.05, 4.69) is 19.2 Å². The number of hydrogen-bond donors (Lipinski definition) is 1. The van der Waals surface area contributed by atoms with Gasteiger partial charge in [0.2, 0.25) is 5.91 Å². The van der Waals surface area contributed by atoms with Crippen molar-refractivity contribution in [2.75, 3.05) is 13.2 Å². The van der Waals surface area contributed by atoms with E-state index in [1.807, 2.05) is 0 Å². The maximum absolute atomic E-state index is 12.1. The maximum Gasteiger partial charge on any atom is 0.307 e. The van der Waals surface area contributed by atoms with Gasteiger partial charge in [-0.2, -0.15) is 0 Å². The Morgan fingerprint density at radius 1 is 1.33 bits per heavy atom. The minimum Gasteiger partial charge on any atom is -0.466 e. The lowest BCUT2D eigenvalue weighted by molar-refractivity contribution is -0.143. The van der Waals surface area contributed by atoms with Crippen molar-refractivity contribution in [3.05, 3.63) is 0 Å². The van der Waals surface area contributed by atoms with Gasteiger partial charge in [0, 0.05) is 12.5 Å². The van der Waals surface area contributed by atoms with Gasteiger partial charge in [0.1, 0.15) is 0 Å². The topological polar surface area (TPSA) is 55.4 Å². The van der Waals surface area contributed by atoms with Gasteiger partial charge in [-0.15, -0.1) is 0 Å². The molecule has 1 atom stereocenters. The molecule has 1 rings (SSSR count). The molecule has 0 saturated heterocycles. The summed E-state index contributed by atoms with van der Waals surface area (Å²) in [6.07, 6.45) is 4.65. The van der Waals surface area contributed by atoms with Crippen LogP contribution in [0, 0.1) is 11.3 Å². The van der Waals surface area contributed by atoms with Gasteiger partial charge in [0.05, 0.1) is 13.0 Å². The van der Waals surface area contributed by atoms with Crippen LogP contribution in [-0.4, -0.2) is 25.0 Å². The van der Waals surface area contributed by atoms with E-state index in [1.54, 1.807) is 6.92 Å². The van der Waals surface area contributed by atoms with Crippen LogP contribution in [0.15, 0.2) is 0 Å². The molecule has 1 aliphatic rings. The smallest absolute Gasteiger partial charge is 0.307 e. The Morgan fingerprint density at radius 2 is 2.06 bits per heavy atom. The molecule has 1 N–H and O–H groups in total. The van der Waals surface area contributed by atoms with Gasteiger partial charge in [-0.05, 0) is 25.2 Å². The van der Waals surface area contributed by atoms with Crippen LogP contribution in [0.2, 0.25) is 0 Å². The normalized spacial score (nSPS) is 22.3. The number of carbonyl (C=O) groups is 2. The van der Waals surface area contributed by atoms with Crippen molar-refractivity contribution in [3.8, 4) is 0 Å². The first-order valence-electron chi connectivity index (χ1n) is 6.90. The van der Waals surface area contributed by atoms with E-state index < -0.39 is 0 Å². The van der Waals surface area contributed by atoms with Crippen molar-refractivity contribution in [1.82, 2.24) is 5.32 Å². The highest BCUT2D eigenvalue weighted by Crippen LogP contribution is 2.40. The van der Waals surface area contributed by atoms with Crippen LogP contribution in [0.4, 0.5) is 0 Å². The summed E-state index contributed by atoms with van der Waals surface area (Å²) in [7, 11) is 0. The minimum atomic E-state index is -0.249. The fraction of sp³-hybridized carbons (Fsp3) is 0.857. The molecule has 4 heteroatoms. The third-order valence-corrected chi connectivity index (χ3v) is 3.76. The highest BCUT2D eigenvalue weighted by Gasteiger charge is 2.36. The summed E-state index contributed by atoms with van der Waals surface area (Å²) in [6.45, 7) is 6.86. The van der Waals surface area contributed by atoms with Crippen LogP contribution >= 0.6 is 0 Å². The zero-order chi connectivity index (χ0) is 13.6. The van der Waals surface area contributed by atoms with Crippen molar-refractivity contribution in [1.29, 1.82) is 0 Å². The zero-order valence-electron chi connectivity index (χ0n) is 11.8. The molecule has 0 aromatic carbocycles. The quantitative estimate of drug-likeness (QED) is 0.767. The monoisotopic (exact) mass is 255 g/mol. The summed E-state index contributed by atoms with van der Waals surface area (Å²) in [4.78, 5) is 23.2. The molecule has 1 unspecified atom stereocenters. The number of hydrogen-bond acceptors (Lipinski definition) is 3. The minimum absolute atomic E-state index is 0.0757. The van der Waals surface area contributed by atoms with Crippen LogP contribution < -0.4 is 5.32 Å². The van der Waals surface area contributed by atoms with Crippen molar-refractivity contribution in [2.24, 2.45) is 11.3 Å². The SMILES string of the molecule is CCOC(=O)CCNC(=O)C1CCCCC1(C)C. The first kappa shape index (κ1) is 15.0. The summed E-state index contributed by atoms with van der Waals surface area (Å²) in [5, 5.41) is 2.86. The van der Waals surface area contributed by atoms with Gasteiger partial charge in [-0.25, -0.2) is 0 Å². The zero-order valence-corrected chi connectivity index (χ0v) is 11.8. The molecule has 0 heterocycles. The fourth-order valence-corrected chi connectivity index (χ4v) is 2.62. The second-order valence-corrected chi connectivity index (χ2v) is 5.63. The summed E-state index contributed by atoms with van der Waals surface area (Å²) < 4.78 is 4.82. The number of nitrogens with one attached hydrogen (secondary N) is 1. The molecule has 4 nitrogen and oxygen atoms in total. The van der Waals surface area contributed by atoms with Crippen molar-refractivity contribution >= 4 is 11.9 Å². The molecule has 1 aliphatic carbocycles. The van der Waals surface area contributed by atoms with Crippen LogP contribution in [-0.2, 0) is 14.3 Å². The molecular weight excluding hydrogens is 230 g/mol. The molecule has 1 saturated carbocycles. The van der Waals surface area contributed by atoms with Crippen LogP contribution in [0.3, 0.4) is 0 Å². The fourth-order valence-electron chi connectivity index (χ4n) is 2.62. The highest BCUT2D eigenvalue weighted by atomic mass is 16.5. The molecular formula is C14H25NO3. The molecule has 104 valence electrons. The van der Waals surface area contributed by atoms with Gasteiger partial charge in [0.15, 0.2) is 0 Å². The van der Waals surface area contributed by atoms with Gasteiger partial charge < -0.3 is 10.1 Å². The second-order valence-electron chi connectivity index (χ2n) is 5.63. The van der Waals surface area contributed by atoms with E-state index in [9.17, 15) is 9.59 Å². The third kappa shape index (κ3) is 4.31. The Hall–Kier alpha value is -1.06. The lowest BCUT2D eigenvalue weighted by Crippen LogP contribution is -2.41. The number of amides is 1. The Balaban J connectivity index is 2.34. The molecule has 0 bridgehead atoms. The van der Waals surface area contributed by atoms with Crippen molar-refractivity contribution in [3.63, 3.8) is 0 Å². The average Bonchev–Trinajstić information content (AvgIpc) is 2.28. The number of ether oxygens (including phenoxy) is 1. The Kier molecular flexibility index (Phi) is 5.63. The maximum atomic E-state index is 12.1. The molecule has 1 fully saturated rings. The number of carbonyl (C=O) groups excluding carboxylic acids is 2. The molecule has 0 aromatic rings. The molecule has 0 aromatic heterocycles. The van der Waals surface area contributed by atoms with E-state index >= 15 is 0 Å². The highest BCUT2D eigenvalue weighted by molar-refractivity contribution is 5.80. The molecule has 0 radical (unpaired) electrons. The van der Waals surface area contributed by atoms with Crippen LogP contribution in [0.5, 0.6) is 0 Å². The molecule has 0 aliphatic heterocycles. The third-order valence-electron chi connectivity index (χ3n) is 3.76. The standard InChI is InChI=1S/C14H25NO3/c1-4-18-12(16)8-10-15-13(17)11-7-5-6-9-14(11,2)3/h11H,4-10H2,1-3H3,(H,15,17). The van der Waals surface area contributed by atoms with E-state index in [-0.39, 0.29) is 29.6 Å². The lowest BCUT2D eigenvalue weighted by atomic mass is 9.68. The first-order chi connectivity index (χ1) is 8.47. The van der Waals surface area contributed by atoms with Gasteiger partial charge in [0.25, 0.3) is 0 Å². The van der Waals surface area contributed by atoms with E-state index in [0.717, 1.165) is 19.3 Å². The second kappa shape index (κ2) is 6.76. The Morgan fingerprint density at radius 3 is 2.67 bits per heavy atom. The largest absolute Gasteiger partial charge is 0.466 e. The molecule has 1 amide bonds. The first-order valence-corrected chi connectivity index (χ1v) is 6.90. The summed E-state index contributed by atoms with van der Waals surface area (Å²) in [5.74, 6) is -0.0850. The van der Waals surface area contributed by atoms with Crippen molar-refractivity contribution in [2.45, 2.75) is 52.9 Å². The van der Waals surface area contributed by atoms with Gasteiger partial charge in [-0.3, -0.25) is 9.59 Å². The van der Waals surface area contributed by atoms with E-state index in [1.165, 1.54) is 6.42 Å². The predicted octanol–water partition coefficient (Wildman–Crippen LogP) is 2.27. The van der Waals surface area contributed by atoms with E-state index in [4.69, 9.17) is 4.74 Å². The predicted molar refractivity (Wildman–Crippen MR) is 70.0 cm³/mol. The van der Waals surface area contributed by atoms with E-state index in [0.29, 0.717) is 13.2 Å². The lowest BCUT2D eigenvalue weighted by Gasteiger charge is -2.37. The van der Waals surface area contributed by atoms with Crippen molar-refractivity contribution < 1.29 is 14.3 Å². The number of esters is 1. The number of rotatable bonds is 5. The Bertz CT molecular complexity index is 299. The summed E-state index contributed by atoms with van der Waals surface area (Å²) in [6, 6.07) is 0. The Labute approximate surface area is 109 Å².